The number of alkyl halides is 3. The highest BCUT2D eigenvalue weighted by Crippen LogP contribution is 2.51. The molecule has 2 fully saturated rings. The normalized spacial score (nSPS) is 20.7. The van der Waals surface area contributed by atoms with Crippen LogP contribution in [0.3, 0.4) is 0 Å². The van der Waals surface area contributed by atoms with Gasteiger partial charge < -0.3 is 30.7 Å². The van der Waals surface area contributed by atoms with Gasteiger partial charge in [-0.25, -0.2) is 4.52 Å². The van der Waals surface area contributed by atoms with E-state index in [9.17, 15) is 23.1 Å². The molecule has 0 spiro atoms. The number of aliphatic hydroxyl groups is 1. The molecule has 1 aliphatic heterocycles. The van der Waals surface area contributed by atoms with Crippen LogP contribution in [0.15, 0.2) is 41.3 Å². The number of aromatic nitrogens is 2. The number of halogens is 3. The van der Waals surface area contributed by atoms with Crippen LogP contribution in [0.5, 0.6) is 5.75 Å². The van der Waals surface area contributed by atoms with Crippen molar-refractivity contribution < 1.29 is 27.8 Å². The van der Waals surface area contributed by atoms with E-state index in [1.165, 1.54) is 11.6 Å². The van der Waals surface area contributed by atoms with Crippen molar-refractivity contribution in [2.75, 3.05) is 51.0 Å². The third kappa shape index (κ3) is 6.72. The van der Waals surface area contributed by atoms with Crippen molar-refractivity contribution in [3.8, 4) is 17.6 Å². The number of carbonyl (C=O) groups is 1. The number of anilines is 2. The van der Waals surface area contributed by atoms with Crippen molar-refractivity contribution >= 4 is 34.7 Å². The monoisotopic (exact) mass is 602 g/mol. The lowest BCUT2D eigenvalue weighted by Gasteiger charge is -2.30. The molecule has 1 saturated heterocycles. The molecular weight excluding hydrogens is 569 g/mol. The molecule has 42 heavy (non-hydrogen) atoms. The minimum absolute atomic E-state index is 0.0405. The number of nitrogens with zero attached hydrogens (tertiary/aromatic N) is 3. The second kappa shape index (κ2) is 11.9. The zero-order valence-electron chi connectivity index (χ0n) is 23.5. The molecule has 224 valence electrons. The largest absolute Gasteiger partial charge is 0.495 e. The summed E-state index contributed by atoms with van der Waals surface area (Å²) in [6.07, 6.45) is 1.31. The van der Waals surface area contributed by atoms with Gasteiger partial charge in [-0.1, -0.05) is 12.0 Å². The van der Waals surface area contributed by atoms with E-state index in [4.69, 9.17) is 4.74 Å². The highest BCUT2D eigenvalue weighted by Gasteiger charge is 2.56. The lowest BCUT2D eigenvalue weighted by atomic mass is 10.1. The number of amides is 1. The Kier molecular flexibility index (Phi) is 8.50. The summed E-state index contributed by atoms with van der Waals surface area (Å²) in [5.41, 5.74) is -3.27. The summed E-state index contributed by atoms with van der Waals surface area (Å²) in [4.78, 5) is 14.6. The molecule has 9 nitrogen and oxygen atoms in total. The number of methoxy groups -OCH3 is 1. The van der Waals surface area contributed by atoms with E-state index in [1.54, 1.807) is 37.3 Å². The number of aliphatic hydroxyl groups excluding tert-OH is 1. The Bertz CT molecular complexity index is 1530. The van der Waals surface area contributed by atoms with Gasteiger partial charge in [-0.15, -0.1) is 0 Å². The zero-order valence-corrected chi connectivity index (χ0v) is 24.3. The number of likely N-dealkylation sites (tertiary alicyclic amines) is 1. The van der Waals surface area contributed by atoms with Gasteiger partial charge in [0.15, 0.2) is 0 Å². The molecule has 2 unspecified atom stereocenters. The Morgan fingerprint density at radius 3 is 2.86 bits per heavy atom. The number of fused-ring (bicyclic) bond motifs is 2. The van der Waals surface area contributed by atoms with Crippen LogP contribution in [-0.2, 0) is 0 Å². The van der Waals surface area contributed by atoms with Crippen LogP contribution in [0.25, 0.3) is 5.52 Å². The summed E-state index contributed by atoms with van der Waals surface area (Å²) in [5.74, 6) is 6.88. The van der Waals surface area contributed by atoms with Crippen molar-refractivity contribution in [2.24, 2.45) is 5.92 Å². The van der Waals surface area contributed by atoms with Crippen molar-refractivity contribution in [1.82, 2.24) is 19.8 Å². The van der Waals surface area contributed by atoms with Gasteiger partial charge >= 0.3 is 5.51 Å². The summed E-state index contributed by atoms with van der Waals surface area (Å²) in [6, 6.07) is 10.00. The molecule has 5 rings (SSSR count). The molecule has 3 heterocycles. The number of rotatable bonds is 9. The average Bonchev–Trinajstić information content (AvgIpc) is 3.53. The zero-order chi connectivity index (χ0) is 30.1. The summed E-state index contributed by atoms with van der Waals surface area (Å²) >= 11 is -0.216. The molecule has 0 bridgehead atoms. The second-order valence-corrected chi connectivity index (χ2v) is 11.8. The number of carbonyl (C=O) groups excluding carboxylic acids is 1. The quantitative estimate of drug-likeness (QED) is 0.215. The molecule has 2 aromatic heterocycles. The number of pyridine rings is 1. The molecule has 0 radical (unpaired) electrons. The fraction of sp³-hybridized carbons (Fsp3) is 0.448. The van der Waals surface area contributed by atoms with Crippen LogP contribution in [0.2, 0.25) is 0 Å². The Morgan fingerprint density at radius 2 is 2.14 bits per heavy atom. The Morgan fingerprint density at radius 1 is 1.33 bits per heavy atom. The van der Waals surface area contributed by atoms with Gasteiger partial charge in [0, 0.05) is 30.7 Å². The number of hydrogen-bond acceptors (Lipinski definition) is 8. The predicted molar refractivity (Wildman–Crippen MR) is 156 cm³/mol. The number of hydrogen-bond donors (Lipinski definition) is 4. The van der Waals surface area contributed by atoms with E-state index >= 15 is 0 Å². The Balaban J connectivity index is 1.35. The molecule has 2 aliphatic rings. The maximum atomic E-state index is 13.6. The van der Waals surface area contributed by atoms with Gasteiger partial charge in [0.05, 0.1) is 35.9 Å². The maximum absolute atomic E-state index is 13.6. The Hall–Kier alpha value is -3.60. The fourth-order valence-electron chi connectivity index (χ4n) is 5.28. The molecular formula is C29H33F3N6O3S. The summed E-state index contributed by atoms with van der Waals surface area (Å²) < 4.78 is 47.6. The van der Waals surface area contributed by atoms with Crippen molar-refractivity contribution in [3.05, 3.63) is 47.7 Å². The maximum Gasteiger partial charge on any atom is 0.446 e. The van der Waals surface area contributed by atoms with Crippen LogP contribution < -0.4 is 20.7 Å². The topological polar surface area (TPSA) is 103 Å². The highest BCUT2D eigenvalue weighted by molar-refractivity contribution is 8.00. The third-order valence-corrected chi connectivity index (χ3v) is 8.34. The Labute approximate surface area is 246 Å². The number of piperidine rings is 1. The van der Waals surface area contributed by atoms with Crippen LogP contribution >= 0.6 is 11.8 Å². The minimum atomic E-state index is -4.51. The van der Waals surface area contributed by atoms with Gasteiger partial charge in [0.25, 0.3) is 5.91 Å². The lowest BCUT2D eigenvalue weighted by Crippen LogP contribution is -2.39. The molecule has 3 aromatic rings. The first kappa shape index (κ1) is 29.9. The third-order valence-electron chi connectivity index (χ3n) is 7.51. The van der Waals surface area contributed by atoms with Crippen LogP contribution in [0.4, 0.5) is 24.7 Å². The van der Waals surface area contributed by atoms with Crippen LogP contribution in [-0.4, -0.2) is 83.0 Å². The summed E-state index contributed by atoms with van der Waals surface area (Å²) in [5, 5.41) is 23.2. The summed E-state index contributed by atoms with van der Waals surface area (Å²) in [6.45, 7) is 3.73. The second-order valence-electron chi connectivity index (χ2n) is 10.8. The van der Waals surface area contributed by atoms with E-state index in [2.05, 4.69) is 44.8 Å². The SMILES string of the molecule is COc1cc(C(=O)NC[C@@H](C)O)ccc1NCC#Cc1nn2c(NC34CCN(C)CC3C4)cccc2c1SC(F)(F)F. The molecule has 13 heteroatoms. The standard InChI is InChI=1S/C29H33F3N6O3S/c1-18(39)16-34-27(40)19-9-10-21(24(14-19)41-3)33-12-5-6-22-26(42-29(30,31)32)23-7-4-8-25(38(23)36-22)35-28-11-13-37(2)17-20(28)15-28/h4,7-10,14,18,20,33,35,39H,11-13,15-17H2,1-3H3,(H,34,40)/t18-,20?,28?/m1/s1. The number of ether oxygens (including phenoxy) is 1. The lowest BCUT2D eigenvalue weighted by molar-refractivity contribution is -0.0327. The van der Waals surface area contributed by atoms with Crippen LogP contribution in [0, 0.1) is 17.8 Å². The fourth-order valence-corrected chi connectivity index (χ4v) is 5.96. The molecule has 1 aromatic carbocycles. The van der Waals surface area contributed by atoms with E-state index in [-0.39, 0.29) is 46.9 Å². The number of nitrogens with one attached hydrogen (secondary N) is 3. The van der Waals surface area contributed by atoms with Crippen molar-refractivity contribution in [1.29, 1.82) is 0 Å². The van der Waals surface area contributed by atoms with Gasteiger partial charge in [0.2, 0.25) is 0 Å². The number of benzene rings is 1. The van der Waals surface area contributed by atoms with E-state index in [1.807, 2.05) is 6.07 Å². The molecule has 1 amide bonds. The molecule has 4 N–H and O–H groups in total. The van der Waals surface area contributed by atoms with E-state index in [0.29, 0.717) is 34.3 Å². The number of thioether (sulfide) groups is 1. The van der Waals surface area contributed by atoms with E-state index < -0.39 is 11.6 Å². The minimum Gasteiger partial charge on any atom is -0.495 e. The molecule has 1 aliphatic carbocycles. The van der Waals surface area contributed by atoms with Gasteiger partial charge in [-0.3, -0.25) is 4.79 Å². The van der Waals surface area contributed by atoms with Crippen molar-refractivity contribution in [2.45, 2.75) is 41.8 Å². The summed E-state index contributed by atoms with van der Waals surface area (Å²) in [7, 11) is 3.56. The highest BCUT2D eigenvalue weighted by atomic mass is 32.2. The van der Waals surface area contributed by atoms with Gasteiger partial charge in [-0.2, -0.15) is 18.3 Å². The van der Waals surface area contributed by atoms with Crippen LogP contribution in [0.1, 0.15) is 35.8 Å². The first-order valence-electron chi connectivity index (χ1n) is 13.6. The van der Waals surface area contributed by atoms with E-state index in [0.717, 1.165) is 25.9 Å². The molecule has 3 atom stereocenters. The average molecular weight is 603 g/mol. The molecule has 1 saturated carbocycles. The van der Waals surface area contributed by atoms with Gasteiger partial charge in [-0.05, 0) is 80.7 Å². The predicted octanol–water partition coefficient (Wildman–Crippen LogP) is 4.04. The first-order valence-corrected chi connectivity index (χ1v) is 14.4. The van der Waals surface area contributed by atoms with Gasteiger partial charge in [0.1, 0.15) is 17.3 Å². The van der Waals surface area contributed by atoms with Crippen molar-refractivity contribution in [3.63, 3.8) is 0 Å². The first-order chi connectivity index (χ1) is 20.0. The smallest absolute Gasteiger partial charge is 0.446 e.